The fraction of sp³-hybridized carbons (Fsp3) is 0.429. The molecule has 4 rings (SSSR count). The number of rotatable bonds is 7. The zero-order valence-corrected chi connectivity index (χ0v) is 17.0. The van der Waals surface area contributed by atoms with Gasteiger partial charge in [-0.25, -0.2) is 9.97 Å². The Morgan fingerprint density at radius 3 is 2.86 bits per heavy atom. The number of carbonyl (C=O) groups excluding carboxylic acids is 1. The van der Waals surface area contributed by atoms with Gasteiger partial charge >= 0.3 is 0 Å². The molecule has 0 amide bonds. The topological polar surface area (TPSA) is 68.2 Å². The highest BCUT2D eigenvalue weighted by Gasteiger charge is 2.32. The zero-order valence-electron chi connectivity index (χ0n) is 16.2. The van der Waals surface area contributed by atoms with Crippen molar-refractivity contribution in [1.29, 1.82) is 0 Å². The first-order valence-corrected chi connectivity index (χ1v) is 10.4. The number of ketones is 1. The molecule has 1 fully saturated rings. The number of aromatic nitrogens is 3. The van der Waals surface area contributed by atoms with Crippen LogP contribution < -0.4 is 4.90 Å². The van der Waals surface area contributed by atoms with E-state index in [1.54, 1.807) is 18.4 Å². The van der Waals surface area contributed by atoms with Gasteiger partial charge in [-0.1, -0.05) is 41.7 Å². The Labute approximate surface area is 168 Å². The quantitative estimate of drug-likeness (QED) is 0.606. The molecule has 1 aromatic carbocycles. The number of Topliss-reactive ketones (excluding diaryl/α,β-unsaturated/α-hetero) is 1. The average molecular weight is 397 g/mol. The number of aryl methyl sites for hydroxylation is 2. The highest BCUT2D eigenvalue weighted by molar-refractivity contribution is 7.22. The van der Waals surface area contributed by atoms with Crippen molar-refractivity contribution < 1.29 is 9.53 Å². The van der Waals surface area contributed by atoms with Crippen LogP contribution in [-0.2, 0) is 22.6 Å². The molecule has 3 aromatic rings. The number of carbonyl (C=O) groups is 1. The van der Waals surface area contributed by atoms with E-state index >= 15 is 0 Å². The first-order valence-electron chi connectivity index (χ1n) is 9.62. The molecule has 0 aliphatic carbocycles. The summed E-state index contributed by atoms with van der Waals surface area (Å²) in [4.78, 5) is 28.8. The summed E-state index contributed by atoms with van der Waals surface area (Å²) in [7, 11) is 1.63. The first-order chi connectivity index (χ1) is 13.7. The third kappa shape index (κ3) is 3.91. The second-order valence-corrected chi connectivity index (χ2v) is 8.09. The smallest absolute Gasteiger partial charge is 0.188 e. The molecule has 3 heterocycles. The molecule has 0 saturated carbocycles. The van der Waals surface area contributed by atoms with Crippen molar-refractivity contribution in [2.45, 2.75) is 45.3 Å². The number of ether oxygens (including phenoxy) is 1. The molecule has 1 atom stereocenters. The molecule has 0 bridgehead atoms. The van der Waals surface area contributed by atoms with Gasteiger partial charge in [0.25, 0.3) is 0 Å². The van der Waals surface area contributed by atoms with Crippen molar-refractivity contribution in [3.8, 4) is 0 Å². The van der Waals surface area contributed by atoms with Crippen LogP contribution >= 0.6 is 11.3 Å². The van der Waals surface area contributed by atoms with Gasteiger partial charge in [0, 0.05) is 20.1 Å². The summed E-state index contributed by atoms with van der Waals surface area (Å²) in [5.74, 6) is 0.935. The number of nitrogens with zero attached hydrogens (tertiary/aromatic N) is 4. The SMILES string of the molecule is COCc1nc(C)c2sc(N3CCC[C@@H]3C(=O)CCc3ccccc3)nc2n1. The van der Waals surface area contributed by atoms with Crippen LogP contribution in [0.2, 0.25) is 0 Å². The van der Waals surface area contributed by atoms with Crippen molar-refractivity contribution in [3.63, 3.8) is 0 Å². The molecule has 146 valence electrons. The van der Waals surface area contributed by atoms with E-state index in [1.165, 1.54) is 5.56 Å². The minimum Gasteiger partial charge on any atom is -0.377 e. The summed E-state index contributed by atoms with van der Waals surface area (Å²) >= 11 is 1.58. The monoisotopic (exact) mass is 396 g/mol. The lowest BCUT2D eigenvalue weighted by atomic mass is 10.0. The molecule has 0 spiro atoms. The third-order valence-electron chi connectivity index (χ3n) is 5.10. The van der Waals surface area contributed by atoms with Crippen LogP contribution in [-0.4, -0.2) is 40.4 Å². The summed E-state index contributed by atoms with van der Waals surface area (Å²) in [5, 5.41) is 0.873. The van der Waals surface area contributed by atoms with Crippen molar-refractivity contribution in [2.75, 3.05) is 18.6 Å². The Bertz CT molecular complexity index is 973. The summed E-state index contributed by atoms with van der Waals surface area (Å²) in [6.07, 6.45) is 3.25. The zero-order chi connectivity index (χ0) is 19.5. The van der Waals surface area contributed by atoms with E-state index in [0.717, 1.165) is 41.3 Å². The highest BCUT2D eigenvalue weighted by atomic mass is 32.1. The van der Waals surface area contributed by atoms with E-state index in [0.29, 0.717) is 30.3 Å². The molecule has 1 aliphatic rings. The van der Waals surface area contributed by atoms with Gasteiger partial charge in [0.05, 0.1) is 16.4 Å². The van der Waals surface area contributed by atoms with E-state index in [1.807, 2.05) is 25.1 Å². The molecule has 0 radical (unpaired) electrons. The predicted molar refractivity (Wildman–Crippen MR) is 111 cm³/mol. The number of thiazole rings is 1. The Morgan fingerprint density at radius 1 is 1.25 bits per heavy atom. The summed E-state index contributed by atoms with van der Waals surface area (Å²) in [6.45, 7) is 3.20. The van der Waals surface area contributed by atoms with Gasteiger partial charge in [-0.15, -0.1) is 0 Å². The van der Waals surface area contributed by atoms with Crippen LogP contribution in [0.25, 0.3) is 10.3 Å². The van der Waals surface area contributed by atoms with Crippen LogP contribution in [0.15, 0.2) is 30.3 Å². The average Bonchev–Trinajstić information content (AvgIpc) is 3.34. The summed E-state index contributed by atoms with van der Waals surface area (Å²) in [6, 6.07) is 10.1. The van der Waals surface area contributed by atoms with Crippen LogP contribution in [0, 0.1) is 6.92 Å². The van der Waals surface area contributed by atoms with E-state index in [9.17, 15) is 4.79 Å². The summed E-state index contributed by atoms with van der Waals surface area (Å²) in [5.41, 5.74) is 2.81. The van der Waals surface area contributed by atoms with Crippen LogP contribution in [0.3, 0.4) is 0 Å². The van der Waals surface area contributed by atoms with Gasteiger partial charge in [0.15, 0.2) is 22.4 Å². The van der Waals surface area contributed by atoms with Crippen molar-refractivity contribution >= 4 is 32.6 Å². The maximum Gasteiger partial charge on any atom is 0.188 e. The van der Waals surface area contributed by atoms with Crippen molar-refractivity contribution in [1.82, 2.24) is 15.0 Å². The van der Waals surface area contributed by atoms with Gasteiger partial charge in [-0.3, -0.25) is 4.79 Å². The van der Waals surface area contributed by atoms with Crippen molar-refractivity contribution in [2.24, 2.45) is 0 Å². The van der Waals surface area contributed by atoms with Crippen LogP contribution in [0.5, 0.6) is 0 Å². The lowest BCUT2D eigenvalue weighted by molar-refractivity contribution is -0.120. The molecule has 0 N–H and O–H groups in total. The Morgan fingerprint density at radius 2 is 2.07 bits per heavy atom. The highest BCUT2D eigenvalue weighted by Crippen LogP contribution is 2.34. The standard InChI is InChI=1S/C21H24N4O2S/c1-14-19-20(23-18(22-14)13-27-2)24-21(28-19)25-12-6-9-16(25)17(26)11-10-15-7-4-3-5-8-15/h3-5,7-8,16H,6,9-13H2,1-2H3/t16-/m1/s1. The number of benzene rings is 1. The van der Waals surface area contributed by atoms with E-state index in [4.69, 9.17) is 9.72 Å². The number of fused-ring (bicyclic) bond motifs is 1. The molecular formula is C21H24N4O2S. The lowest BCUT2D eigenvalue weighted by Gasteiger charge is -2.22. The van der Waals surface area contributed by atoms with Crippen LogP contribution in [0.4, 0.5) is 5.13 Å². The Balaban J connectivity index is 1.52. The first kappa shape index (κ1) is 19.0. The maximum absolute atomic E-state index is 12.9. The van der Waals surface area contributed by atoms with Crippen LogP contribution in [0.1, 0.15) is 36.3 Å². The molecular weight excluding hydrogens is 372 g/mol. The van der Waals surface area contributed by atoms with Gasteiger partial charge in [-0.05, 0) is 31.7 Å². The molecule has 28 heavy (non-hydrogen) atoms. The fourth-order valence-electron chi connectivity index (χ4n) is 3.73. The molecule has 2 aromatic heterocycles. The molecule has 6 nitrogen and oxygen atoms in total. The van der Waals surface area contributed by atoms with E-state index in [-0.39, 0.29) is 6.04 Å². The second kappa shape index (κ2) is 8.32. The number of hydrogen-bond donors (Lipinski definition) is 0. The molecule has 1 saturated heterocycles. The minimum atomic E-state index is -0.0871. The fourth-order valence-corrected chi connectivity index (χ4v) is 4.76. The molecule has 1 aliphatic heterocycles. The number of anilines is 1. The number of hydrogen-bond acceptors (Lipinski definition) is 7. The minimum absolute atomic E-state index is 0.0871. The lowest BCUT2D eigenvalue weighted by Crippen LogP contribution is -2.36. The van der Waals surface area contributed by atoms with Gasteiger partial charge in [-0.2, -0.15) is 4.98 Å². The third-order valence-corrected chi connectivity index (χ3v) is 6.30. The largest absolute Gasteiger partial charge is 0.377 e. The van der Waals surface area contributed by atoms with E-state index in [2.05, 4.69) is 27.0 Å². The van der Waals surface area contributed by atoms with Gasteiger partial charge < -0.3 is 9.64 Å². The second-order valence-electron chi connectivity index (χ2n) is 7.11. The van der Waals surface area contributed by atoms with E-state index < -0.39 is 0 Å². The predicted octanol–water partition coefficient (Wildman–Crippen LogP) is 3.71. The van der Waals surface area contributed by atoms with Gasteiger partial charge in [0.1, 0.15) is 6.61 Å². The molecule has 0 unspecified atom stereocenters. The summed E-state index contributed by atoms with van der Waals surface area (Å²) < 4.78 is 6.13. The Hall–Kier alpha value is -2.38. The normalized spacial score (nSPS) is 16.8. The Kier molecular flexibility index (Phi) is 5.64. The van der Waals surface area contributed by atoms with Crippen molar-refractivity contribution in [3.05, 3.63) is 47.4 Å². The maximum atomic E-state index is 12.9. The number of methoxy groups -OCH3 is 1. The van der Waals surface area contributed by atoms with Gasteiger partial charge in [0.2, 0.25) is 0 Å². The molecule has 7 heteroatoms.